The first-order valence-corrected chi connectivity index (χ1v) is 7.04. The van der Waals surface area contributed by atoms with Crippen LogP contribution in [0, 0.1) is 0 Å². The zero-order valence-corrected chi connectivity index (χ0v) is 12.6. The van der Waals surface area contributed by atoms with Crippen molar-refractivity contribution in [3.63, 3.8) is 0 Å². The van der Waals surface area contributed by atoms with Crippen molar-refractivity contribution in [1.82, 2.24) is 0 Å². The number of hydrogen-bond donors (Lipinski definition) is 0. The third kappa shape index (κ3) is 5.32. The Bertz CT molecular complexity index is 190. The van der Waals surface area contributed by atoms with E-state index in [1.54, 1.807) is 0 Å². The first-order valence-electron chi connectivity index (χ1n) is 5.88. The lowest BCUT2D eigenvalue weighted by Gasteiger charge is -2.24. The molecule has 0 aliphatic carbocycles. The summed E-state index contributed by atoms with van der Waals surface area (Å²) in [4.78, 5) is 21.6. The van der Waals surface area contributed by atoms with Crippen LogP contribution in [0.4, 0.5) is 0 Å². The molecule has 0 spiro atoms. The maximum absolute atomic E-state index is 11.5. The van der Waals surface area contributed by atoms with E-state index >= 15 is 0 Å². The summed E-state index contributed by atoms with van der Waals surface area (Å²) in [6, 6.07) is 0. The summed E-state index contributed by atoms with van der Waals surface area (Å²) in [7, 11) is 0.832. The van der Waals surface area contributed by atoms with Gasteiger partial charge in [-0.25, -0.2) is 4.79 Å². The molecular formula is C11H24O3Si. The molecule has 90 valence electrons. The van der Waals surface area contributed by atoms with Crippen LogP contribution in [0.3, 0.4) is 0 Å². The van der Waals surface area contributed by atoms with E-state index in [1.807, 2.05) is 20.8 Å². The van der Waals surface area contributed by atoms with Gasteiger partial charge in [-0.05, 0) is 26.2 Å². The largest absolute Gasteiger partial charge is 0.341 e. The molecule has 0 aromatic heterocycles. The average molecular weight is 232 g/mol. The number of carbonyl (C=O) groups is 1. The fourth-order valence-corrected chi connectivity index (χ4v) is 1.82. The van der Waals surface area contributed by atoms with Crippen molar-refractivity contribution in [2.45, 2.75) is 64.5 Å². The molecule has 0 aliphatic heterocycles. The van der Waals surface area contributed by atoms with Crippen molar-refractivity contribution in [2.75, 3.05) is 0 Å². The molecule has 0 radical (unpaired) electrons. The maximum atomic E-state index is 11.5. The highest BCUT2D eigenvalue weighted by Crippen LogP contribution is 2.21. The number of carbonyl (C=O) groups excluding carboxylic acids is 1. The van der Waals surface area contributed by atoms with Gasteiger partial charge in [0.05, 0.1) is 0 Å². The van der Waals surface area contributed by atoms with Crippen LogP contribution in [0.2, 0.25) is 5.54 Å². The van der Waals surface area contributed by atoms with Gasteiger partial charge in [-0.1, -0.05) is 27.2 Å². The topological polar surface area (TPSA) is 35.5 Å². The van der Waals surface area contributed by atoms with E-state index in [0.29, 0.717) is 0 Å². The fourth-order valence-electron chi connectivity index (χ4n) is 1.14. The first kappa shape index (κ1) is 14.6. The molecule has 4 heteroatoms. The summed E-state index contributed by atoms with van der Waals surface area (Å²) in [6.07, 6.45) is 3.61. The molecule has 0 amide bonds. The SMILES string of the molecule is CCCC([SiH3])C(=O)OOC(C)(CC)CC. The van der Waals surface area contributed by atoms with E-state index in [1.165, 1.54) is 0 Å². The normalized spacial score (nSPS) is 13.9. The highest BCUT2D eigenvalue weighted by atomic mass is 28.1. The second-order valence-corrected chi connectivity index (χ2v) is 5.73. The van der Waals surface area contributed by atoms with Crippen LogP contribution in [-0.4, -0.2) is 21.8 Å². The molecule has 0 saturated carbocycles. The van der Waals surface area contributed by atoms with Crippen LogP contribution in [0.25, 0.3) is 0 Å². The van der Waals surface area contributed by atoms with Gasteiger partial charge in [0.15, 0.2) is 0 Å². The minimum Gasteiger partial charge on any atom is -0.298 e. The second kappa shape index (κ2) is 7.01. The van der Waals surface area contributed by atoms with E-state index in [-0.39, 0.29) is 17.1 Å². The van der Waals surface area contributed by atoms with Crippen molar-refractivity contribution in [2.24, 2.45) is 0 Å². The Morgan fingerprint density at radius 2 is 1.87 bits per heavy atom. The minimum absolute atomic E-state index is 0.0629. The Labute approximate surface area is 95.9 Å². The van der Waals surface area contributed by atoms with Crippen LogP contribution in [0.1, 0.15) is 53.4 Å². The van der Waals surface area contributed by atoms with E-state index in [4.69, 9.17) is 9.78 Å². The Morgan fingerprint density at radius 1 is 1.33 bits per heavy atom. The molecule has 0 fully saturated rings. The lowest BCUT2D eigenvalue weighted by atomic mass is 10.0. The molecule has 1 unspecified atom stereocenters. The first-order chi connectivity index (χ1) is 6.99. The summed E-state index contributed by atoms with van der Waals surface area (Å²) in [5.74, 6) is -0.198. The molecule has 0 saturated heterocycles. The quantitative estimate of drug-likeness (QED) is 0.382. The monoisotopic (exact) mass is 232 g/mol. The van der Waals surface area contributed by atoms with Gasteiger partial charge in [0.25, 0.3) is 0 Å². The maximum Gasteiger partial charge on any atom is 0.341 e. The molecule has 0 rings (SSSR count). The molecule has 0 aliphatic rings. The van der Waals surface area contributed by atoms with E-state index in [2.05, 4.69) is 6.92 Å². The standard InChI is InChI=1S/C11H24O3Si/c1-5-8-9(15)10(12)13-14-11(4,6-2)7-3/h9H,5-8H2,1-4,15H3. The fraction of sp³-hybridized carbons (Fsp3) is 0.909. The Kier molecular flexibility index (Phi) is 6.84. The molecule has 15 heavy (non-hydrogen) atoms. The van der Waals surface area contributed by atoms with Crippen LogP contribution < -0.4 is 0 Å². The van der Waals surface area contributed by atoms with Crippen molar-refractivity contribution >= 4 is 16.2 Å². The minimum atomic E-state index is -0.330. The third-order valence-electron chi connectivity index (χ3n) is 2.94. The van der Waals surface area contributed by atoms with Gasteiger partial charge >= 0.3 is 5.97 Å². The third-order valence-corrected chi connectivity index (χ3v) is 3.99. The van der Waals surface area contributed by atoms with E-state index in [0.717, 1.165) is 35.9 Å². The molecule has 0 bridgehead atoms. The van der Waals surface area contributed by atoms with Crippen molar-refractivity contribution in [3.05, 3.63) is 0 Å². The van der Waals surface area contributed by atoms with Gasteiger partial charge < -0.3 is 0 Å². The second-order valence-electron chi connectivity index (χ2n) is 4.33. The van der Waals surface area contributed by atoms with Crippen molar-refractivity contribution in [3.8, 4) is 0 Å². The predicted octanol–water partition coefficient (Wildman–Crippen LogP) is 1.99. The lowest BCUT2D eigenvalue weighted by molar-refractivity contribution is -0.330. The molecule has 0 N–H and O–H groups in total. The lowest BCUT2D eigenvalue weighted by Crippen LogP contribution is -2.29. The molecule has 0 heterocycles. The van der Waals surface area contributed by atoms with Gasteiger partial charge in [0.1, 0.15) is 5.60 Å². The number of rotatable bonds is 7. The zero-order chi connectivity index (χ0) is 11.9. The van der Waals surface area contributed by atoms with Crippen LogP contribution in [-0.2, 0) is 14.6 Å². The Morgan fingerprint density at radius 3 is 2.27 bits per heavy atom. The summed E-state index contributed by atoms with van der Waals surface area (Å²) in [6.45, 7) is 8.09. The van der Waals surface area contributed by atoms with Gasteiger partial charge in [-0.2, -0.15) is 4.89 Å². The number of hydrogen-bond acceptors (Lipinski definition) is 3. The van der Waals surface area contributed by atoms with E-state index < -0.39 is 0 Å². The van der Waals surface area contributed by atoms with Gasteiger partial charge in [-0.3, -0.25) is 4.89 Å². The summed E-state index contributed by atoms with van der Waals surface area (Å²) >= 11 is 0. The highest BCUT2D eigenvalue weighted by Gasteiger charge is 2.25. The van der Waals surface area contributed by atoms with Crippen LogP contribution in [0.15, 0.2) is 0 Å². The summed E-state index contributed by atoms with van der Waals surface area (Å²) in [5, 5.41) is 0. The summed E-state index contributed by atoms with van der Waals surface area (Å²) in [5.41, 5.74) is -0.267. The smallest absolute Gasteiger partial charge is 0.298 e. The predicted molar refractivity (Wildman–Crippen MR) is 64.8 cm³/mol. The Balaban J connectivity index is 3.98. The molecule has 0 aromatic rings. The van der Waals surface area contributed by atoms with Crippen molar-refractivity contribution in [1.29, 1.82) is 0 Å². The average Bonchev–Trinajstić information content (AvgIpc) is 2.25. The molecular weight excluding hydrogens is 208 g/mol. The van der Waals surface area contributed by atoms with E-state index in [9.17, 15) is 4.79 Å². The molecule has 1 atom stereocenters. The Hall–Kier alpha value is -0.353. The van der Waals surface area contributed by atoms with Gasteiger partial charge in [-0.15, -0.1) is 0 Å². The van der Waals surface area contributed by atoms with Crippen molar-refractivity contribution < 1.29 is 14.6 Å². The van der Waals surface area contributed by atoms with Crippen LogP contribution >= 0.6 is 0 Å². The molecule has 3 nitrogen and oxygen atoms in total. The zero-order valence-electron chi connectivity index (χ0n) is 10.6. The van der Waals surface area contributed by atoms with Crippen LogP contribution in [0.5, 0.6) is 0 Å². The highest BCUT2D eigenvalue weighted by molar-refractivity contribution is 6.22. The molecule has 0 aromatic carbocycles. The summed E-state index contributed by atoms with van der Waals surface area (Å²) < 4.78 is 0. The van der Waals surface area contributed by atoms with Gasteiger partial charge in [0.2, 0.25) is 0 Å². The van der Waals surface area contributed by atoms with Gasteiger partial charge in [0, 0.05) is 15.8 Å².